The summed E-state index contributed by atoms with van der Waals surface area (Å²) in [4.78, 5) is 34.7. The molecule has 4 heterocycles. The van der Waals surface area contributed by atoms with Gasteiger partial charge in [-0.1, -0.05) is 23.7 Å². The summed E-state index contributed by atoms with van der Waals surface area (Å²) in [7, 11) is 1.84. The van der Waals surface area contributed by atoms with Gasteiger partial charge in [0, 0.05) is 38.2 Å². The lowest BCUT2D eigenvalue weighted by Gasteiger charge is -2.29. The van der Waals surface area contributed by atoms with E-state index in [1.807, 2.05) is 60.3 Å². The topological polar surface area (TPSA) is 99.6 Å². The molecule has 0 bridgehead atoms. The van der Waals surface area contributed by atoms with Gasteiger partial charge in [-0.2, -0.15) is 5.10 Å². The Labute approximate surface area is 244 Å². The number of benzene rings is 1. The lowest BCUT2D eigenvalue weighted by Crippen LogP contribution is -2.39. The normalized spacial score (nSPS) is 17.2. The molecule has 9 nitrogen and oxygen atoms in total. The Morgan fingerprint density at radius 2 is 1.81 bits per heavy atom. The molecule has 216 valence electrons. The first-order valence-electron chi connectivity index (χ1n) is 13.7. The van der Waals surface area contributed by atoms with Crippen LogP contribution in [0.5, 0.6) is 0 Å². The zero-order valence-corrected chi connectivity index (χ0v) is 23.5. The summed E-state index contributed by atoms with van der Waals surface area (Å²) in [6, 6.07) is 14.3. The summed E-state index contributed by atoms with van der Waals surface area (Å²) in [5.41, 5.74) is 2.80. The first kappa shape index (κ1) is 27.8. The number of fused-ring (bicyclic) bond motifs is 1. The number of hydrogen-bond donors (Lipinski definition) is 1. The van der Waals surface area contributed by atoms with E-state index < -0.39 is 18.0 Å². The van der Waals surface area contributed by atoms with E-state index >= 15 is 0 Å². The van der Waals surface area contributed by atoms with E-state index in [1.54, 1.807) is 15.4 Å². The smallest absolute Gasteiger partial charge is 0.333 e. The number of imidazole rings is 1. The van der Waals surface area contributed by atoms with Gasteiger partial charge in [-0.15, -0.1) is 0 Å². The predicted molar refractivity (Wildman–Crippen MR) is 155 cm³/mol. The minimum atomic E-state index is -2.88. The number of amides is 1. The van der Waals surface area contributed by atoms with Gasteiger partial charge < -0.3 is 5.32 Å². The molecule has 1 aliphatic rings. The molecule has 5 aromatic rings. The summed E-state index contributed by atoms with van der Waals surface area (Å²) in [5, 5.41) is 7.43. The van der Waals surface area contributed by atoms with E-state index in [2.05, 4.69) is 20.4 Å². The molecule has 4 aromatic heterocycles. The molecule has 0 aliphatic heterocycles. The van der Waals surface area contributed by atoms with Crippen molar-refractivity contribution in [2.45, 2.75) is 44.7 Å². The summed E-state index contributed by atoms with van der Waals surface area (Å²) in [6.07, 6.45) is 4.62. The van der Waals surface area contributed by atoms with Gasteiger partial charge >= 0.3 is 5.69 Å². The summed E-state index contributed by atoms with van der Waals surface area (Å²) < 4.78 is 32.0. The first-order chi connectivity index (χ1) is 20.3. The van der Waals surface area contributed by atoms with Crippen molar-refractivity contribution in [1.82, 2.24) is 34.2 Å². The maximum Gasteiger partial charge on any atom is 0.333 e. The highest BCUT2D eigenvalue weighted by molar-refractivity contribution is 6.30. The van der Waals surface area contributed by atoms with Crippen molar-refractivity contribution >= 4 is 28.5 Å². The average molecular weight is 592 g/mol. The van der Waals surface area contributed by atoms with Crippen molar-refractivity contribution in [1.29, 1.82) is 0 Å². The van der Waals surface area contributed by atoms with Crippen LogP contribution in [0.2, 0.25) is 5.02 Å². The van der Waals surface area contributed by atoms with E-state index in [4.69, 9.17) is 11.6 Å². The number of alkyl halides is 2. The first-order valence-corrected chi connectivity index (χ1v) is 14.1. The highest BCUT2D eigenvalue weighted by Gasteiger charge is 2.27. The van der Waals surface area contributed by atoms with Gasteiger partial charge in [-0.3, -0.25) is 28.6 Å². The zero-order valence-electron chi connectivity index (χ0n) is 22.8. The monoisotopic (exact) mass is 591 g/mol. The van der Waals surface area contributed by atoms with E-state index in [1.165, 1.54) is 6.07 Å². The number of pyridine rings is 2. The molecule has 0 radical (unpaired) electrons. The number of aromatic nitrogens is 6. The fraction of sp³-hybridized carbons (Fsp3) is 0.300. The Balaban J connectivity index is 1.19. The quantitative estimate of drug-likeness (QED) is 0.267. The van der Waals surface area contributed by atoms with Crippen LogP contribution in [0.3, 0.4) is 0 Å². The molecular weight excluding hydrogens is 564 g/mol. The third kappa shape index (κ3) is 5.44. The van der Waals surface area contributed by atoms with Crippen LogP contribution in [-0.2, 0) is 13.6 Å². The predicted octanol–water partition coefficient (Wildman–Crippen LogP) is 5.56. The Morgan fingerprint density at radius 1 is 1.05 bits per heavy atom. The number of carbonyl (C=O) groups is 1. The van der Waals surface area contributed by atoms with Crippen molar-refractivity contribution in [3.63, 3.8) is 0 Å². The average Bonchev–Trinajstić information content (AvgIpc) is 3.54. The SMILES string of the molecule is Cn1ccc(-c2cc(-n3c(=O)n(C[C@H]4CC[C@H](NC(=O)c5cc(Cl)cnc5C(F)F)CC4)c4ccccc43)ccn2)n1. The van der Waals surface area contributed by atoms with Crippen LogP contribution in [0.1, 0.15) is 48.2 Å². The van der Waals surface area contributed by atoms with Crippen molar-refractivity contribution in [2.24, 2.45) is 13.0 Å². The zero-order chi connectivity index (χ0) is 29.4. The van der Waals surface area contributed by atoms with Crippen LogP contribution in [0, 0.1) is 5.92 Å². The van der Waals surface area contributed by atoms with Gasteiger partial charge in [0.15, 0.2) is 0 Å². The van der Waals surface area contributed by atoms with Gasteiger partial charge in [0.1, 0.15) is 11.4 Å². The molecule has 1 aliphatic carbocycles. The number of hydrogen-bond acceptors (Lipinski definition) is 5. The van der Waals surface area contributed by atoms with Crippen LogP contribution in [0.4, 0.5) is 8.78 Å². The van der Waals surface area contributed by atoms with Crippen molar-refractivity contribution < 1.29 is 13.6 Å². The standard InChI is InChI=1S/C30H28ClF2N7O2/c1-38-13-11-23(37-38)24-15-21(10-12-34-24)40-26-5-3-2-4-25(26)39(30(40)42)17-18-6-8-20(9-7-18)36-29(41)22-14-19(31)16-35-27(22)28(32)33/h2-5,10-16,18,20,28H,6-9,17H2,1H3,(H,36,41)/t18-,20-. The molecule has 1 fully saturated rings. The molecule has 1 saturated carbocycles. The van der Waals surface area contributed by atoms with E-state index in [-0.39, 0.29) is 28.2 Å². The lowest BCUT2D eigenvalue weighted by molar-refractivity contribution is 0.0904. The number of carbonyl (C=O) groups excluding carboxylic acids is 1. The van der Waals surface area contributed by atoms with Gasteiger partial charge in [0.2, 0.25) is 0 Å². The molecule has 0 unspecified atom stereocenters. The number of rotatable bonds is 7. The second-order valence-corrected chi connectivity index (χ2v) is 11.0. The highest BCUT2D eigenvalue weighted by Crippen LogP contribution is 2.29. The molecular formula is C30H28ClF2N7O2. The van der Waals surface area contributed by atoms with Gasteiger partial charge in [0.25, 0.3) is 12.3 Å². The van der Waals surface area contributed by atoms with Crippen molar-refractivity contribution in [3.05, 3.63) is 93.9 Å². The molecule has 6 rings (SSSR count). The van der Waals surface area contributed by atoms with Crippen molar-refractivity contribution in [2.75, 3.05) is 0 Å². The minimum Gasteiger partial charge on any atom is -0.349 e. The van der Waals surface area contributed by atoms with E-state index in [9.17, 15) is 18.4 Å². The second-order valence-electron chi connectivity index (χ2n) is 10.6. The van der Waals surface area contributed by atoms with Gasteiger partial charge in [0.05, 0.1) is 33.0 Å². The molecule has 12 heteroatoms. The number of nitrogens with zero attached hydrogens (tertiary/aromatic N) is 6. The van der Waals surface area contributed by atoms with Crippen LogP contribution in [-0.4, -0.2) is 40.8 Å². The Bertz CT molecular complexity index is 1820. The molecule has 0 spiro atoms. The van der Waals surface area contributed by atoms with E-state index in [0.717, 1.165) is 35.8 Å². The van der Waals surface area contributed by atoms with Crippen molar-refractivity contribution in [3.8, 4) is 17.1 Å². The minimum absolute atomic E-state index is 0.123. The number of halogens is 3. The molecule has 1 N–H and O–H groups in total. The fourth-order valence-electron chi connectivity index (χ4n) is 5.70. The Hall–Kier alpha value is -4.38. The van der Waals surface area contributed by atoms with Crippen LogP contribution in [0.15, 0.2) is 71.9 Å². The lowest BCUT2D eigenvalue weighted by atomic mass is 9.85. The largest absolute Gasteiger partial charge is 0.349 e. The molecule has 1 amide bonds. The third-order valence-corrected chi connectivity index (χ3v) is 7.98. The van der Waals surface area contributed by atoms with Crippen LogP contribution < -0.4 is 11.0 Å². The Kier molecular flexibility index (Phi) is 7.59. The van der Waals surface area contributed by atoms with Gasteiger partial charge in [-0.25, -0.2) is 13.6 Å². The summed E-state index contributed by atoms with van der Waals surface area (Å²) in [5.74, 6) is -0.397. The molecule has 42 heavy (non-hydrogen) atoms. The maximum absolute atomic E-state index is 13.8. The Morgan fingerprint density at radius 3 is 2.52 bits per heavy atom. The highest BCUT2D eigenvalue weighted by atomic mass is 35.5. The van der Waals surface area contributed by atoms with E-state index in [0.29, 0.717) is 30.8 Å². The number of para-hydroxylation sites is 2. The van der Waals surface area contributed by atoms with Gasteiger partial charge in [-0.05, 0) is 68.0 Å². The summed E-state index contributed by atoms with van der Waals surface area (Å²) in [6.45, 7) is 0.527. The molecule has 1 aromatic carbocycles. The molecule has 0 atom stereocenters. The maximum atomic E-state index is 13.8. The second kappa shape index (κ2) is 11.5. The fourth-order valence-corrected chi connectivity index (χ4v) is 5.86. The third-order valence-electron chi connectivity index (χ3n) is 7.77. The summed E-state index contributed by atoms with van der Waals surface area (Å²) >= 11 is 5.91. The van der Waals surface area contributed by atoms with Crippen LogP contribution in [0.25, 0.3) is 28.1 Å². The number of aryl methyl sites for hydroxylation is 1. The van der Waals surface area contributed by atoms with Crippen LogP contribution >= 0.6 is 11.6 Å². The molecule has 0 saturated heterocycles. The number of nitrogens with one attached hydrogen (secondary N) is 1.